The Hall–Kier alpha value is -2.76. The molecule has 0 spiro atoms. The number of aryl methyl sites for hydroxylation is 1. The molecule has 1 aromatic carbocycles. The van der Waals surface area contributed by atoms with Gasteiger partial charge in [0.2, 0.25) is 0 Å². The number of rotatable bonds is 3. The Labute approximate surface area is 113 Å². The van der Waals surface area contributed by atoms with Gasteiger partial charge in [0.25, 0.3) is 0 Å². The second kappa shape index (κ2) is 4.73. The van der Waals surface area contributed by atoms with Crippen molar-refractivity contribution in [2.45, 2.75) is 6.42 Å². The van der Waals surface area contributed by atoms with Crippen molar-refractivity contribution in [3.63, 3.8) is 0 Å². The van der Waals surface area contributed by atoms with Crippen LogP contribution >= 0.6 is 0 Å². The molecule has 0 bridgehead atoms. The van der Waals surface area contributed by atoms with E-state index in [1.165, 1.54) is 4.57 Å². The first-order valence-corrected chi connectivity index (χ1v) is 6.04. The van der Waals surface area contributed by atoms with Crippen molar-refractivity contribution in [1.29, 1.82) is 0 Å². The Bertz CT molecular complexity index is 834. The van der Waals surface area contributed by atoms with Crippen LogP contribution in [0.5, 0.6) is 0 Å². The van der Waals surface area contributed by atoms with Gasteiger partial charge in [0.15, 0.2) is 11.4 Å². The summed E-state index contributed by atoms with van der Waals surface area (Å²) in [6.45, 7) is 0. The number of carbonyl (C=O) groups is 1. The Balaban J connectivity index is 1.96. The molecule has 0 aliphatic rings. The monoisotopic (exact) mass is 269 g/mol. The Morgan fingerprint density at radius 3 is 2.95 bits per heavy atom. The first-order chi connectivity index (χ1) is 9.65. The van der Waals surface area contributed by atoms with Gasteiger partial charge in [0, 0.05) is 18.8 Å². The van der Waals surface area contributed by atoms with E-state index < -0.39 is 5.76 Å². The average molecular weight is 269 g/mol. The molecule has 0 aliphatic carbocycles. The van der Waals surface area contributed by atoms with Gasteiger partial charge in [-0.1, -0.05) is 0 Å². The molecule has 100 valence electrons. The third kappa shape index (κ3) is 2.11. The lowest BCUT2D eigenvalue weighted by Crippen LogP contribution is -2.09. The van der Waals surface area contributed by atoms with Crippen molar-refractivity contribution in [2.24, 2.45) is 7.05 Å². The molecular formula is C14H11N3O3. The lowest BCUT2D eigenvalue weighted by atomic mass is 10.1. The van der Waals surface area contributed by atoms with Crippen LogP contribution in [0.25, 0.3) is 11.1 Å². The largest absolute Gasteiger partial charge is 0.419 e. The molecule has 0 aliphatic heterocycles. The highest BCUT2D eigenvalue weighted by Crippen LogP contribution is 2.15. The quantitative estimate of drug-likeness (QED) is 0.670. The van der Waals surface area contributed by atoms with E-state index >= 15 is 0 Å². The molecule has 6 nitrogen and oxygen atoms in total. The predicted octanol–water partition coefficient (Wildman–Crippen LogP) is 1.35. The molecule has 0 atom stereocenters. The Kier molecular flexibility index (Phi) is 2.90. The number of Topliss-reactive ketones (excluding diaryl/α,β-unsaturated/α-hetero) is 1. The number of fused-ring (bicyclic) bond motifs is 1. The second-order valence-electron chi connectivity index (χ2n) is 4.42. The molecule has 0 amide bonds. The van der Waals surface area contributed by atoms with Crippen LogP contribution in [-0.2, 0) is 13.5 Å². The van der Waals surface area contributed by atoms with E-state index in [0.29, 0.717) is 22.4 Å². The lowest BCUT2D eigenvalue weighted by Gasteiger charge is -2.01. The van der Waals surface area contributed by atoms with E-state index in [0.717, 1.165) is 0 Å². The molecule has 3 rings (SSSR count). The van der Waals surface area contributed by atoms with Gasteiger partial charge >= 0.3 is 5.76 Å². The number of carbonyl (C=O) groups excluding carboxylic acids is 1. The minimum atomic E-state index is -0.446. The maximum atomic E-state index is 12.2. The summed E-state index contributed by atoms with van der Waals surface area (Å²) in [5, 5.41) is 7.62. The number of ketones is 1. The number of aromatic nitrogens is 3. The zero-order valence-electron chi connectivity index (χ0n) is 10.7. The lowest BCUT2D eigenvalue weighted by molar-refractivity contribution is 0.0992. The van der Waals surface area contributed by atoms with Crippen LogP contribution in [0, 0.1) is 0 Å². The van der Waals surface area contributed by atoms with Crippen LogP contribution in [0.4, 0.5) is 0 Å². The van der Waals surface area contributed by atoms with Gasteiger partial charge < -0.3 is 4.42 Å². The standard InChI is InChI=1S/C14H11N3O3/c1-17-11-7-9(4-5-13(11)20-14(17)19)12(18)8-10-3-2-6-15-16-10/h2-7H,8H2,1H3. The van der Waals surface area contributed by atoms with Crippen molar-refractivity contribution in [2.75, 3.05) is 0 Å². The van der Waals surface area contributed by atoms with Gasteiger partial charge in [-0.2, -0.15) is 10.2 Å². The van der Waals surface area contributed by atoms with E-state index in [9.17, 15) is 9.59 Å². The van der Waals surface area contributed by atoms with E-state index in [4.69, 9.17) is 4.42 Å². The normalized spacial score (nSPS) is 10.8. The van der Waals surface area contributed by atoms with Crippen LogP contribution in [-0.4, -0.2) is 20.5 Å². The summed E-state index contributed by atoms with van der Waals surface area (Å²) in [6, 6.07) is 8.40. The zero-order chi connectivity index (χ0) is 14.1. The molecular weight excluding hydrogens is 258 g/mol. The minimum Gasteiger partial charge on any atom is -0.408 e. The molecule has 0 saturated heterocycles. The van der Waals surface area contributed by atoms with Crippen molar-refractivity contribution >= 4 is 16.9 Å². The third-order valence-corrected chi connectivity index (χ3v) is 3.08. The highest BCUT2D eigenvalue weighted by atomic mass is 16.4. The van der Waals surface area contributed by atoms with Crippen LogP contribution in [0.3, 0.4) is 0 Å². The van der Waals surface area contributed by atoms with Gasteiger partial charge in [-0.25, -0.2) is 4.79 Å². The molecule has 0 fully saturated rings. The predicted molar refractivity (Wildman–Crippen MR) is 71.5 cm³/mol. The number of benzene rings is 1. The van der Waals surface area contributed by atoms with Gasteiger partial charge in [0.05, 0.1) is 17.6 Å². The molecule has 0 radical (unpaired) electrons. The van der Waals surface area contributed by atoms with E-state index in [1.807, 2.05) is 0 Å². The van der Waals surface area contributed by atoms with Gasteiger partial charge in [-0.3, -0.25) is 9.36 Å². The van der Waals surface area contributed by atoms with Crippen molar-refractivity contribution in [3.05, 3.63) is 58.3 Å². The summed E-state index contributed by atoms with van der Waals surface area (Å²) in [5.41, 5.74) is 2.19. The SMILES string of the molecule is Cn1c(=O)oc2ccc(C(=O)Cc3cccnn3)cc21. The van der Waals surface area contributed by atoms with Crippen LogP contribution < -0.4 is 5.76 Å². The minimum absolute atomic E-state index is 0.0824. The second-order valence-corrected chi connectivity index (χ2v) is 4.42. The fourth-order valence-corrected chi connectivity index (χ4v) is 1.99. The van der Waals surface area contributed by atoms with Crippen molar-refractivity contribution in [1.82, 2.24) is 14.8 Å². The smallest absolute Gasteiger partial charge is 0.408 e. The summed E-state index contributed by atoms with van der Waals surface area (Å²) in [4.78, 5) is 23.6. The summed E-state index contributed by atoms with van der Waals surface area (Å²) < 4.78 is 6.39. The van der Waals surface area contributed by atoms with Crippen molar-refractivity contribution < 1.29 is 9.21 Å². The van der Waals surface area contributed by atoms with Gasteiger partial charge in [-0.05, 0) is 30.3 Å². The Morgan fingerprint density at radius 1 is 1.35 bits per heavy atom. The fraction of sp³-hybridized carbons (Fsp3) is 0.143. The number of hydrogen-bond donors (Lipinski definition) is 0. The van der Waals surface area contributed by atoms with E-state index in [2.05, 4.69) is 10.2 Å². The first-order valence-electron chi connectivity index (χ1n) is 6.04. The maximum Gasteiger partial charge on any atom is 0.419 e. The topological polar surface area (TPSA) is 78.0 Å². The molecule has 3 aromatic rings. The highest BCUT2D eigenvalue weighted by Gasteiger charge is 2.12. The molecule has 0 unspecified atom stereocenters. The van der Waals surface area contributed by atoms with Crippen LogP contribution in [0.2, 0.25) is 0 Å². The van der Waals surface area contributed by atoms with Crippen molar-refractivity contribution in [3.8, 4) is 0 Å². The Morgan fingerprint density at radius 2 is 2.20 bits per heavy atom. The number of hydrogen-bond acceptors (Lipinski definition) is 5. The molecule has 6 heteroatoms. The molecule has 20 heavy (non-hydrogen) atoms. The summed E-state index contributed by atoms with van der Waals surface area (Å²) in [6.07, 6.45) is 1.73. The number of oxazole rings is 1. The third-order valence-electron chi connectivity index (χ3n) is 3.08. The fourth-order valence-electron chi connectivity index (χ4n) is 1.99. The number of nitrogens with zero attached hydrogens (tertiary/aromatic N) is 3. The summed E-state index contributed by atoms with van der Waals surface area (Å²) >= 11 is 0. The van der Waals surface area contributed by atoms with Crippen LogP contribution in [0.15, 0.2) is 45.7 Å². The molecule has 2 heterocycles. The van der Waals surface area contributed by atoms with E-state index in [1.54, 1.807) is 43.6 Å². The molecule has 2 aromatic heterocycles. The summed E-state index contributed by atoms with van der Waals surface area (Å²) in [5.74, 6) is -0.528. The van der Waals surface area contributed by atoms with Gasteiger partial charge in [-0.15, -0.1) is 0 Å². The first kappa shape index (κ1) is 12.3. The van der Waals surface area contributed by atoms with Gasteiger partial charge in [0.1, 0.15) is 0 Å². The molecule has 0 saturated carbocycles. The summed E-state index contributed by atoms with van der Waals surface area (Å²) in [7, 11) is 1.60. The zero-order valence-corrected chi connectivity index (χ0v) is 10.7. The maximum absolute atomic E-state index is 12.2. The highest BCUT2D eigenvalue weighted by molar-refractivity contribution is 5.99. The average Bonchev–Trinajstić information content (AvgIpc) is 2.75. The van der Waals surface area contributed by atoms with E-state index in [-0.39, 0.29) is 12.2 Å². The molecule has 0 N–H and O–H groups in total. The van der Waals surface area contributed by atoms with Crippen LogP contribution in [0.1, 0.15) is 16.1 Å².